The van der Waals surface area contributed by atoms with Crippen molar-refractivity contribution in [1.29, 1.82) is 0 Å². The van der Waals surface area contributed by atoms with Crippen LogP contribution in [0, 0.1) is 47.3 Å². The van der Waals surface area contributed by atoms with E-state index >= 15 is 4.79 Å². The summed E-state index contributed by atoms with van der Waals surface area (Å²) in [5.74, 6) is 5.77. The smallest absolute Gasteiger partial charge is 0.173 e. The van der Waals surface area contributed by atoms with Gasteiger partial charge in [-0.15, -0.1) is 0 Å². The lowest BCUT2D eigenvalue weighted by Crippen LogP contribution is -2.40. The third-order valence-corrected chi connectivity index (χ3v) is 20.2. The second kappa shape index (κ2) is 30.1. The van der Waals surface area contributed by atoms with E-state index < -0.39 is 47.6 Å². The number of Topliss-reactive ketones (excluding diaryl/α,β-unsaturated/α-hetero) is 2. The summed E-state index contributed by atoms with van der Waals surface area (Å²) in [5, 5.41) is 82.4. The van der Waals surface area contributed by atoms with Gasteiger partial charge in [-0.3, -0.25) is 9.59 Å². The van der Waals surface area contributed by atoms with Crippen molar-refractivity contribution in [2.24, 2.45) is 35.5 Å². The van der Waals surface area contributed by atoms with Crippen LogP contribution < -0.4 is 20.7 Å². The number of aliphatic hydroxyl groups is 3. The number of aromatic hydroxyl groups is 3. The van der Waals surface area contributed by atoms with E-state index in [2.05, 4.69) is 108 Å². The number of aryl methyl sites for hydroxylation is 3. The highest BCUT2D eigenvalue weighted by Gasteiger charge is 2.44. The first-order valence-corrected chi connectivity index (χ1v) is 33.6. The van der Waals surface area contributed by atoms with Gasteiger partial charge in [-0.1, -0.05) is 124 Å². The minimum Gasteiger partial charge on any atom is -0.508 e. The zero-order chi connectivity index (χ0) is 64.4. The van der Waals surface area contributed by atoms with E-state index in [1.165, 1.54) is 7.11 Å². The number of dihydropyridines is 1. The van der Waals surface area contributed by atoms with Gasteiger partial charge in [0.05, 0.1) is 25.2 Å². The molecule has 13 heteroatoms. The van der Waals surface area contributed by atoms with Crippen molar-refractivity contribution in [2.75, 3.05) is 32.1 Å². The molecular formula is C79H92N4O9. The Morgan fingerprint density at radius 2 is 1.55 bits per heavy atom. The number of rotatable bonds is 12. The van der Waals surface area contributed by atoms with Crippen molar-refractivity contribution in [2.45, 2.75) is 147 Å². The van der Waals surface area contributed by atoms with Crippen LogP contribution in [-0.2, 0) is 48.1 Å². The van der Waals surface area contributed by atoms with E-state index in [9.17, 15) is 35.4 Å². The molecule has 9 bridgehead atoms. The molecule has 0 unspecified atom stereocenters. The SMILES string of the molecule is CCC[C@@H]1[C@H]2C[C@@H](CC3=CCNC(=C3)Nc3cc4c(O)c(ccc4cc3Cc3ccccc3)C[C@H](O)CNC[C@H](C)c3c[nH]c(c3)C[C@H]1O)C[C@@H]1C#C[C@H](c3ccccc3CC[C@H](C)CCc3cccc(O)c3)c3cc(O)c(OC)cc3CCC(=O)[C@H](O)C(=O)[C@H]1C2. The number of carbonyl (C=O) groups is 2. The second-order valence-corrected chi connectivity index (χ2v) is 26.9. The molecule has 13 nitrogen and oxygen atoms in total. The molecule has 10 N–H and O–H groups in total. The fourth-order valence-electron chi connectivity index (χ4n) is 15.1. The van der Waals surface area contributed by atoms with Crippen molar-refractivity contribution in [3.63, 3.8) is 0 Å². The molecule has 2 aliphatic heterocycles. The van der Waals surface area contributed by atoms with Crippen LogP contribution in [0.25, 0.3) is 10.8 Å². The fraction of sp³-hybridized carbons (Fsp3) is 0.418. The van der Waals surface area contributed by atoms with Gasteiger partial charge >= 0.3 is 0 Å². The summed E-state index contributed by atoms with van der Waals surface area (Å²) < 4.78 is 5.67. The Bertz CT molecular complexity index is 3860. The summed E-state index contributed by atoms with van der Waals surface area (Å²) in [4.78, 5) is 33.4. The van der Waals surface area contributed by atoms with Crippen molar-refractivity contribution in [3.05, 3.63) is 207 Å². The number of H-pyrrole nitrogens is 1. The topological polar surface area (TPSA) is 217 Å². The van der Waals surface area contributed by atoms with Crippen LogP contribution >= 0.6 is 0 Å². The second-order valence-electron chi connectivity index (χ2n) is 26.9. The van der Waals surface area contributed by atoms with E-state index in [1.807, 2.05) is 66.9 Å². The Morgan fingerprint density at radius 1 is 0.750 bits per heavy atom. The summed E-state index contributed by atoms with van der Waals surface area (Å²) in [6.45, 7) is 7.98. The third kappa shape index (κ3) is 15.8. The average molecular weight is 1240 g/mol. The quantitative estimate of drug-likeness (QED) is 0.0408. The van der Waals surface area contributed by atoms with Gasteiger partial charge in [0.15, 0.2) is 29.2 Å². The standard InChI is InChI=1S/C79H92N4O9/c1-5-12-66-59-34-53(31-52-29-30-81-76(36-52)83-71-43-70-56(37-60(71)32-50-13-7-6-8-14-50)23-24-58(77(70)89)39-64(85)47-80-45-49(3)61-38-62(82-46-61)42-73(66)87)33-55-25-27-67(65-18-10-9-16-54(65)22-20-48(2)19-21-51-15-11-17-63(84)35-51)68-44-74(88)75(92-4)41-57(68)26-28-72(86)79(91)78(90)69(55)40-59/h6-11,13-18,23-24,29,35-38,41,43-44,46,48-49,53,55,59,64,66-67,69,73,79-85,87-89,91H,5,12,19-22,26,28,30-34,39-40,42,45,47H2,1-4H3/t48-,49+,53+,55+,59+,64+,66-,67-,69+,73-,79+/m1/s1. The largest absolute Gasteiger partial charge is 0.508 e. The Balaban J connectivity index is 1.01. The number of allylic oxidation sites excluding steroid dienone is 2. The van der Waals surface area contributed by atoms with E-state index in [4.69, 9.17) is 4.74 Å². The van der Waals surface area contributed by atoms with E-state index in [0.717, 1.165) is 105 Å². The molecule has 482 valence electrons. The third-order valence-electron chi connectivity index (χ3n) is 20.2. The zero-order valence-corrected chi connectivity index (χ0v) is 53.8. The molecule has 0 spiro atoms. The number of hydrogen-bond donors (Lipinski definition) is 10. The summed E-state index contributed by atoms with van der Waals surface area (Å²) in [7, 11) is 1.49. The van der Waals surface area contributed by atoms with Crippen LogP contribution in [0.5, 0.6) is 23.0 Å². The summed E-state index contributed by atoms with van der Waals surface area (Å²) in [6.07, 6.45) is 11.2. The highest BCUT2D eigenvalue weighted by atomic mass is 16.5. The minimum atomic E-state index is -1.88. The van der Waals surface area contributed by atoms with Crippen molar-refractivity contribution in [1.82, 2.24) is 15.6 Å². The van der Waals surface area contributed by atoms with Gasteiger partial charge in [0.2, 0.25) is 0 Å². The predicted molar refractivity (Wildman–Crippen MR) is 364 cm³/mol. The highest BCUT2D eigenvalue weighted by Crippen LogP contribution is 2.46. The fourth-order valence-corrected chi connectivity index (χ4v) is 15.1. The van der Waals surface area contributed by atoms with E-state index in [-0.39, 0.29) is 65.9 Å². The number of benzene rings is 6. The number of fused-ring (bicyclic) bond motifs is 9. The van der Waals surface area contributed by atoms with Gasteiger partial charge in [0.1, 0.15) is 17.3 Å². The van der Waals surface area contributed by atoms with E-state index in [1.54, 1.807) is 18.2 Å². The molecule has 1 saturated carbocycles. The van der Waals surface area contributed by atoms with Gasteiger partial charge in [-0.25, -0.2) is 0 Å². The molecule has 1 fully saturated rings. The number of phenols is 3. The number of anilines is 1. The average Bonchev–Trinajstić information content (AvgIpc) is 0.938. The number of β-amino-alcohol motifs (C(OH)–C–C–N with tert-alkyl or cyclic N) is 1. The summed E-state index contributed by atoms with van der Waals surface area (Å²) >= 11 is 0. The molecule has 2 aliphatic carbocycles. The maximum Gasteiger partial charge on any atom is 0.173 e. The van der Waals surface area contributed by atoms with Crippen molar-refractivity contribution < 1.29 is 45.0 Å². The minimum absolute atomic E-state index is 0.0548. The van der Waals surface area contributed by atoms with Crippen molar-refractivity contribution >= 4 is 28.0 Å². The highest BCUT2D eigenvalue weighted by molar-refractivity contribution is 6.06. The van der Waals surface area contributed by atoms with Gasteiger partial charge in [-0.05, 0) is 210 Å². The molecule has 6 aromatic carbocycles. The number of ketones is 2. The molecule has 0 amide bonds. The normalized spacial score (nSPS) is 24.5. The van der Waals surface area contributed by atoms with Crippen LogP contribution in [0.2, 0.25) is 0 Å². The molecule has 1 aromatic heterocycles. The van der Waals surface area contributed by atoms with Gasteiger partial charge in [-0.2, -0.15) is 0 Å². The molecule has 4 aliphatic rings. The Labute approximate surface area is 542 Å². The Kier molecular flexibility index (Phi) is 21.4. The lowest BCUT2D eigenvalue weighted by atomic mass is 9.73. The number of nitrogens with one attached hydrogen (secondary N) is 4. The first-order valence-electron chi connectivity index (χ1n) is 33.6. The summed E-state index contributed by atoms with van der Waals surface area (Å²) in [6, 6.07) is 39.8. The molecule has 7 aromatic rings. The number of hydrogen-bond acceptors (Lipinski definition) is 12. The maximum absolute atomic E-state index is 15.4. The number of methoxy groups -OCH3 is 1. The Hall–Kier alpha value is -8.12. The van der Waals surface area contributed by atoms with Crippen LogP contribution in [0.1, 0.15) is 146 Å². The lowest BCUT2D eigenvalue weighted by molar-refractivity contribution is -0.142. The van der Waals surface area contributed by atoms with Gasteiger partial charge < -0.3 is 56.3 Å². The lowest BCUT2D eigenvalue weighted by Gasteiger charge is -2.33. The zero-order valence-electron chi connectivity index (χ0n) is 53.8. The maximum atomic E-state index is 15.4. The first-order chi connectivity index (χ1) is 44.6. The number of ether oxygens (including phenoxy) is 1. The molecule has 11 rings (SSSR count). The van der Waals surface area contributed by atoms with Gasteiger partial charge in [0.25, 0.3) is 0 Å². The summed E-state index contributed by atoms with van der Waals surface area (Å²) in [5.41, 5.74) is 11.4. The monoisotopic (exact) mass is 1240 g/mol. The van der Waals surface area contributed by atoms with Gasteiger partial charge in [0, 0.05) is 73.7 Å². The number of carbonyl (C=O) groups excluding carboxylic acids is 2. The number of phenolic OH excluding ortho intramolecular Hbond substituents is 3. The molecule has 0 saturated heterocycles. The first kappa shape index (κ1) is 65.4. The molecule has 3 heterocycles. The molecular weight excluding hydrogens is 1150 g/mol. The number of aromatic amines is 1. The van der Waals surface area contributed by atoms with E-state index in [0.29, 0.717) is 81.4 Å². The Morgan fingerprint density at radius 3 is 2.37 bits per heavy atom. The number of aromatic nitrogens is 1. The van der Waals surface area contributed by atoms with Crippen LogP contribution in [-0.4, -0.2) is 92.2 Å². The van der Waals surface area contributed by atoms with Crippen LogP contribution in [0.3, 0.4) is 0 Å². The molecule has 0 radical (unpaired) electrons. The van der Waals surface area contributed by atoms with Crippen LogP contribution in [0.4, 0.5) is 5.69 Å². The van der Waals surface area contributed by atoms with Crippen LogP contribution in [0.15, 0.2) is 151 Å². The number of aliphatic hydroxyl groups excluding tert-OH is 3. The molecule has 11 atom stereocenters. The molecule has 92 heavy (non-hydrogen) atoms. The predicted octanol–water partition coefficient (Wildman–Crippen LogP) is 12.8. The van der Waals surface area contributed by atoms with Crippen molar-refractivity contribution in [3.8, 4) is 34.8 Å².